The van der Waals surface area contributed by atoms with E-state index in [1.165, 1.54) is 4.90 Å². The summed E-state index contributed by atoms with van der Waals surface area (Å²) in [5.74, 6) is -0.0887. The second-order valence-corrected chi connectivity index (χ2v) is 3.98. The largest absolute Gasteiger partial charge is 0.384 e. The van der Waals surface area contributed by atoms with Gasteiger partial charge in [-0.3, -0.25) is 14.5 Å². The molecule has 0 aliphatic carbocycles. The van der Waals surface area contributed by atoms with E-state index >= 15 is 0 Å². The number of carbonyl (C=O) groups excluding carboxylic acids is 2. The number of amides is 2. The molecule has 2 amide bonds. The molecule has 1 aliphatic rings. The topological polar surface area (TPSA) is 76.3 Å². The van der Waals surface area contributed by atoms with Gasteiger partial charge in [0.2, 0.25) is 11.8 Å². The van der Waals surface area contributed by atoms with E-state index in [9.17, 15) is 9.59 Å². The number of anilines is 1. The summed E-state index contributed by atoms with van der Waals surface area (Å²) in [5.41, 5.74) is 6.16. The minimum Gasteiger partial charge on any atom is -0.384 e. The van der Waals surface area contributed by atoms with Gasteiger partial charge in [-0.15, -0.1) is 0 Å². The van der Waals surface area contributed by atoms with Crippen molar-refractivity contribution < 1.29 is 9.59 Å². The first-order valence-corrected chi connectivity index (χ1v) is 5.13. The van der Waals surface area contributed by atoms with Crippen LogP contribution in [0.1, 0.15) is 19.0 Å². The first-order chi connectivity index (χ1) is 7.58. The highest BCUT2D eigenvalue weighted by Gasteiger charge is 2.35. The van der Waals surface area contributed by atoms with Gasteiger partial charge in [0.1, 0.15) is 5.82 Å². The number of hydrogen-bond acceptors (Lipinski definition) is 4. The zero-order chi connectivity index (χ0) is 11.7. The second kappa shape index (κ2) is 3.92. The van der Waals surface area contributed by atoms with Crippen LogP contribution < -0.4 is 5.73 Å². The van der Waals surface area contributed by atoms with Gasteiger partial charge in [-0.1, -0.05) is 13.0 Å². The predicted molar refractivity (Wildman–Crippen MR) is 58.0 cm³/mol. The molecule has 0 bridgehead atoms. The smallest absolute Gasteiger partial charge is 0.232 e. The summed E-state index contributed by atoms with van der Waals surface area (Å²) in [5, 5.41) is 0. The first kappa shape index (κ1) is 10.6. The maximum Gasteiger partial charge on any atom is 0.232 e. The standard InChI is InChI=1S/C11H13N3O2/c1-7-5-10(15)14(11(7)16)6-8-3-2-4-9(12)13-8/h2-4,7H,5-6H2,1H3,(H2,12,13). The molecule has 2 rings (SSSR count). The lowest BCUT2D eigenvalue weighted by Gasteiger charge is -2.13. The molecule has 2 N–H and O–H groups in total. The third-order valence-electron chi connectivity index (χ3n) is 2.62. The zero-order valence-electron chi connectivity index (χ0n) is 9.01. The molecular formula is C11H13N3O2. The summed E-state index contributed by atoms with van der Waals surface area (Å²) in [6.45, 7) is 1.97. The number of imide groups is 1. The van der Waals surface area contributed by atoms with Crippen LogP contribution in [0, 0.1) is 5.92 Å². The summed E-state index contributed by atoms with van der Waals surface area (Å²) in [4.78, 5) is 28.5. The number of nitrogen functional groups attached to an aromatic ring is 1. The number of nitrogens with two attached hydrogens (primary N) is 1. The van der Waals surface area contributed by atoms with Crippen molar-refractivity contribution in [1.82, 2.24) is 9.88 Å². The van der Waals surface area contributed by atoms with Gasteiger partial charge in [0.15, 0.2) is 0 Å². The molecule has 16 heavy (non-hydrogen) atoms. The van der Waals surface area contributed by atoms with Gasteiger partial charge in [-0.2, -0.15) is 0 Å². The van der Waals surface area contributed by atoms with E-state index in [4.69, 9.17) is 5.73 Å². The lowest BCUT2D eigenvalue weighted by atomic mass is 10.1. The van der Waals surface area contributed by atoms with Crippen LogP contribution in [-0.4, -0.2) is 21.7 Å². The van der Waals surface area contributed by atoms with E-state index in [-0.39, 0.29) is 24.3 Å². The molecule has 1 unspecified atom stereocenters. The van der Waals surface area contributed by atoms with E-state index in [0.29, 0.717) is 17.9 Å². The highest BCUT2D eigenvalue weighted by Crippen LogP contribution is 2.20. The van der Waals surface area contributed by atoms with Crippen molar-refractivity contribution in [3.63, 3.8) is 0 Å². The van der Waals surface area contributed by atoms with Crippen molar-refractivity contribution in [2.75, 3.05) is 5.73 Å². The molecule has 2 heterocycles. The van der Waals surface area contributed by atoms with Gasteiger partial charge < -0.3 is 5.73 Å². The Labute approximate surface area is 93.3 Å². The molecule has 0 radical (unpaired) electrons. The fourth-order valence-corrected chi connectivity index (χ4v) is 1.76. The average molecular weight is 219 g/mol. The molecule has 0 aromatic carbocycles. The van der Waals surface area contributed by atoms with E-state index in [1.807, 2.05) is 0 Å². The molecule has 1 saturated heterocycles. The van der Waals surface area contributed by atoms with Crippen molar-refractivity contribution in [1.29, 1.82) is 0 Å². The minimum atomic E-state index is -0.214. The van der Waals surface area contributed by atoms with Gasteiger partial charge in [0.05, 0.1) is 12.2 Å². The van der Waals surface area contributed by atoms with Crippen molar-refractivity contribution >= 4 is 17.6 Å². The Kier molecular flexibility index (Phi) is 2.60. The molecule has 5 nitrogen and oxygen atoms in total. The van der Waals surface area contributed by atoms with Crippen LogP contribution >= 0.6 is 0 Å². The molecule has 1 fully saturated rings. The molecular weight excluding hydrogens is 206 g/mol. The van der Waals surface area contributed by atoms with Crippen molar-refractivity contribution in [3.05, 3.63) is 23.9 Å². The molecule has 5 heteroatoms. The van der Waals surface area contributed by atoms with Gasteiger partial charge in [0, 0.05) is 12.3 Å². The lowest BCUT2D eigenvalue weighted by molar-refractivity contribution is -0.139. The van der Waals surface area contributed by atoms with Crippen molar-refractivity contribution in [2.45, 2.75) is 19.9 Å². The fourth-order valence-electron chi connectivity index (χ4n) is 1.76. The Balaban J connectivity index is 2.16. The van der Waals surface area contributed by atoms with E-state index in [2.05, 4.69) is 4.98 Å². The average Bonchev–Trinajstić information content (AvgIpc) is 2.45. The maximum atomic E-state index is 11.7. The normalized spacial score (nSPS) is 20.6. The van der Waals surface area contributed by atoms with E-state index in [1.54, 1.807) is 25.1 Å². The Morgan fingerprint density at radius 3 is 2.81 bits per heavy atom. The second-order valence-electron chi connectivity index (χ2n) is 3.98. The molecule has 0 spiro atoms. The Hall–Kier alpha value is -1.91. The molecule has 1 atom stereocenters. The Morgan fingerprint density at radius 2 is 2.25 bits per heavy atom. The summed E-state index contributed by atoms with van der Waals surface area (Å²) >= 11 is 0. The van der Waals surface area contributed by atoms with Crippen LogP contribution in [-0.2, 0) is 16.1 Å². The maximum absolute atomic E-state index is 11.7. The first-order valence-electron chi connectivity index (χ1n) is 5.13. The Bertz CT molecular complexity index is 445. The summed E-state index contributed by atoms with van der Waals surface area (Å²) in [6.07, 6.45) is 0.293. The van der Waals surface area contributed by atoms with Gasteiger partial charge >= 0.3 is 0 Å². The number of rotatable bonds is 2. The van der Waals surface area contributed by atoms with E-state index in [0.717, 1.165) is 0 Å². The summed E-state index contributed by atoms with van der Waals surface area (Å²) in [7, 11) is 0. The lowest BCUT2D eigenvalue weighted by Crippen LogP contribution is -2.30. The van der Waals surface area contributed by atoms with Crippen molar-refractivity contribution in [3.8, 4) is 0 Å². The van der Waals surface area contributed by atoms with Crippen molar-refractivity contribution in [2.24, 2.45) is 5.92 Å². The number of pyridine rings is 1. The highest BCUT2D eigenvalue weighted by molar-refractivity contribution is 6.03. The third-order valence-corrected chi connectivity index (χ3v) is 2.62. The quantitative estimate of drug-likeness (QED) is 0.737. The SMILES string of the molecule is CC1CC(=O)N(Cc2cccc(N)n2)C1=O. The summed E-state index contributed by atoms with van der Waals surface area (Å²) in [6, 6.07) is 5.17. The molecule has 1 aromatic heterocycles. The summed E-state index contributed by atoms with van der Waals surface area (Å²) < 4.78 is 0. The Morgan fingerprint density at radius 1 is 1.50 bits per heavy atom. The third kappa shape index (κ3) is 1.88. The monoisotopic (exact) mass is 219 g/mol. The molecule has 0 saturated carbocycles. The number of aromatic nitrogens is 1. The van der Waals surface area contributed by atoms with Crippen LogP contribution in [0.5, 0.6) is 0 Å². The number of nitrogens with zero attached hydrogens (tertiary/aromatic N) is 2. The number of carbonyl (C=O) groups is 2. The van der Waals surface area contributed by atoms with Crippen LogP contribution in [0.2, 0.25) is 0 Å². The number of hydrogen-bond donors (Lipinski definition) is 1. The van der Waals surface area contributed by atoms with Crippen LogP contribution in [0.15, 0.2) is 18.2 Å². The minimum absolute atomic E-state index is 0.130. The van der Waals surface area contributed by atoms with Gasteiger partial charge in [-0.25, -0.2) is 4.98 Å². The van der Waals surface area contributed by atoms with Crippen LogP contribution in [0.25, 0.3) is 0 Å². The van der Waals surface area contributed by atoms with Crippen LogP contribution in [0.3, 0.4) is 0 Å². The molecule has 1 aromatic rings. The zero-order valence-corrected chi connectivity index (χ0v) is 9.01. The van der Waals surface area contributed by atoms with E-state index < -0.39 is 0 Å². The molecule has 1 aliphatic heterocycles. The van der Waals surface area contributed by atoms with Crippen LogP contribution in [0.4, 0.5) is 5.82 Å². The predicted octanol–water partition coefficient (Wildman–Crippen LogP) is 0.559. The van der Waals surface area contributed by atoms with Gasteiger partial charge in [-0.05, 0) is 12.1 Å². The number of likely N-dealkylation sites (tertiary alicyclic amines) is 1. The fraction of sp³-hybridized carbons (Fsp3) is 0.364. The highest BCUT2D eigenvalue weighted by atomic mass is 16.2. The van der Waals surface area contributed by atoms with Gasteiger partial charge in [0.25, 0.3) is 0 Å². The molecule has 84 valence electrons.